The third-order valence-corrected chi connectivity index (χ3v) is 8.99. The van der Waals surface area contributed by atoms with E-state index in [9.17, 15) is 0 Å². The van der Waals surface area contributed by atoms with Crippen LogP contribution in [0.2, 0.25) is 0 Å². The zero-order chi connectivity index (χ0) is 26.4. The van der Waals surface area contributed by atoms with E-state index in [1.54, 1.807) is 6.20 Å². The number of benzene rings is 2. The zero-order valence-corrected chi connectivity index (χ0v) is 22.6. The number of thioether (sulfide) groups is 1. The van der Waals surface area contributed by atoms with Gasteiger partial charge in [0, 0.05) is 53.3 Å². The minimum absolute atomic E-state index is 0.213. The lowest BCUT2D eigenvalue weighted by molar-refractivity contribution is 0.253. The van der Waals surface area contributed by atoms with Crippen LogP contribution in [0.4, 0.5) is 11.5 Å². The molecule has 7 rings (SSSR count). The van der Waals surface area contributed by atoms with Gasteiger partial charge in [0.05, 0.1) is 11.3 Å². The highest BCUT2D eigenvalue weighted by Gasteiger charge is 2.34. The zero-order valence-electron chi connectivity index (χ0n) is 21.8. The lowest BCUT2D eigenvalue weighted by Crippen LogP contribution is -2.43. The first-order chi connectivity index (χ1) is 19.1. The van der Waals surface area contributed by atoms with Crippen LogP contribution in [0, 0.1) is 0 Å². The fourth-order valence-corrected chi connectivity index (χ4v) is 6.53. The Kier molecular flexibility index (Phi) is 6.01. The van der Waals surface area contributed by atoms with E-state index in [0.29, 0.717) is 5.82 Å². The monoisotopic (exact) mass is 533 g/mol. The van der Waals surface area contributed by atoms with Crippen molar-refractivity contribution in [2.45, 2.75) is 24.8 Å². The number of nitrogens with two attached hydrogens (primary N) is 2. The number of rotatable bonds is 5. The molecular formula is C31H31N7S. The van der Waals surface area contributed by atoms with Gasteiger partial charge in [0.15, 0.2) is 11.5 Å². The van der Waals surface area contributed by atoms with Crippen molar-refractivity contribution >= 4 is 34.4 Å². The van der Waals surface area contributed by atoms with Gasteiger partial charge in [-0.1, -0.05) is 24.3 Å². The van der Waals surface area contributed by atoms with Crippen LogP contribution in [0.3, 0.4) is 0 Å². The highest BCUT2D eigenvalue weighted by molar-refractivity contribution is 7.99. The molecule has 3 aromatic heterocycles. The molecule has 39 heavy (non-hydrogen) atoms. The summed E-state index contributed by atoms with van der Waals surface area (Å²) in [6.07, 6.45) is 4.93. The topological polar surface area (TPSA) is 98.9 Å². The molecule has 1 saturated carbocycles. The minimum atomic E-state index is -0.213. The fourth-order valence-electron chi connectivity index (χ4n) is 5.62. The van der Waals surface area contributed by atoms with Crippen molar-refractivity contribution in [2.75, 3.05) is 35.2 Å². The van der Waals surface area contributed by atoms with Crippen molar-refractivity contribution in [3.8, 4) is 28.3 Å². The Labute approximate surface area is 232 Å². The summed E-state index contributed by atoms with van der Waals surface area (Å²) in [5.74, 6) is 3.49. The first-order valence-electron chi connectivity index (χ1n) is 13.5. The van der Waals surface area contributed by atoms with Crippen molar-refractivity contribution in [3.63, 3.8) is 0 Å². The molecule has 0 unspecified atom stereocenters. The highest BCUT2D eigenvalue weighted by Crippen LogP contribution is 2.39. The second-order valence-electron chi connectivity index (χ2n) is 10.5. The van der Waals surface area contributed by atoms with Crippen LogP contribution in [0.25, 0.3) is 39.5 Å². The van der Waals surface area contributed by atoms with Gasteiger partial charge in [0.25, 0.3) is 0 Å². The summed E-state index contributed by atoms with van der Waals surface area (Å²) in [6.45, 7) is 2.15. The molecule has 2 fully saturated rings. The Morgan fingerprint density at radius 2 is 1.67 bits per heavy atom. The molecule has 5 aromatic rings. The molecule has 196 valence electrons. The van der Waals surface area contributed by atoms with E-state index in [1.807, 2.05) is 30.0 Å². The maximum absolute atomic E-state index is 6.61. The Morgan fingerprint density at radius 1 is 0.846 bits per heavy atom. The Balaban J connectivity index is 1.36. The number of pyridine rings is 2. The van der Waals surface area contributed by atoms with Crippen LogP contribution in [0.15, 0.2) is 79.0 Å². The quantitative estimate of drug-likeness (QED) is 0.302. The van der Waals surface area contributed by atoms with Crippen molar-refractivity contribution < 1.29 is 0 Å². The van der Waals surface area contributed by atoms with E-state index >= 15 is 0 Å². The predicted octanol–water partition coefficient (Wildman–Crippen LogP) is 5.62. The number of aromatic nitrogens is 4. The number of imidazole rings is 1. The van der Waals surface area contributed by atoms with Crippen LogP contribution in [0.5, 0.6) is 0 Å². The van der Waals surface area contributed by atoms with Crippen LogP contribution in [-0.4, -0.2) is 44.1 Å². The molecule has 2 aliphatic rings. The number of hydrogen-bond donors (Lipinski definition) is 2. The molecule has 0 amide bonds. The summed E-state index contributed by atoms with van der Waals surface area (Å²) in [4.78, 5) is 16.9. The van der Waals surface area contributed by atoms with E-state index < -0.39 is 0 Å². The lowest BCUT2D eigenvalue weighted by atomic mass is 9.73. The molecule has 1 aliphatic heterocycles. The predicted molar refractivity (Wildman–Crippen MR) is 161 cm³/mol. The molecule has 4 heterocycles. The molecule has 0 spiro atoms. The maximum Gasteiger partial charge on any atom is 0.165 e. The van der Waals surface area contributed by atoms with Gasteiger partial charge < -0.3 is 16.4 Å². The standard InChI is InChI=1S/C31H31N7S/c32-28-25(6-2-15-34-28)29-36-27-12-11-26(21-4-1-5-24(20-21)37-16-18-39-19-17-37)35-30(27)38(29)23-9-7-22(8-10-23)31(33)13-3-14-31/h1-2,4-12,15,20H,3,13-14,16-19,33H2,(H2,32,34). The average molecular weight is 534 g/mol. The molecule has 0 bridgehead atoms. The highest BCUT2D eigenvalue weighted by atomic mass is 32.2. The molecular weight excluding hydrogens is 502 g/mol. The molecule has 4 N–H and O–H groups in total. The van der Waals surface area contributed by atoms with Crippen LogP contribution < -0.4 is 16.4 Å². The summed E-state index contributed by atoms with van der Waals surface area (Å²) in [5.41, 5.74) is 20.5. The Hall–Kier alpha value is -3.88. The number of nitrogens with zero attached hydrogens (tertiary/aromatic N) is 5. The Bertz CT molecular complexity index is 1650. The fraction of sp³-hybridized carbons (Fsp3) is 0.258. The number of fused-ring (bicyclic) bond motifs is 1. The van der Waals surface area contributed by atoms with Gasteiger partial charge in [-0.25, -0.2) is 15.0 Å². The normalized spacial score (nSPS) is 16.8. The minimum Gasteiger partial charge on any atom is -0.383 e. The summed E-state index contributed by atoms with van der Waals surface area (Å²) in [5, 5.41) is 0. The Morgan fingerprint density at radius 3 is 2.41 bits per heavy atom. The molecule has 7 nitrogen and oxygen atoms in total. The molecule has 0 atom stereocenters. The average Bonchev–Trinajstić information content (AvgIpc) is 3.35. The van der Waals surface area contributed by atoms with Gasteiger partial charge in [-0.15, -0.1) is 0 Å². The van der Waals surface area contributed by atoms with Crippen molar-refractivity contribution in [1.82, 2.24) is 19.5 Å². The van der Waals surface area contributed by atoms with E-state index in [0.717, 1.165) is 76.9 Å². The number of nitrogen functional groups attached to an aromatic ring is 1. The molecule has 1 saturated heterocycles. The van der Waals surface area contributed by atoms with Crippen molar-refractivity contribution in [1.29, 1.82) is 0 Å². The molecule has 0 radical (unpaired) electrons. The SMILES string of the molecule is Nc1ncccc1-c1nc2ccc(-c3cccc(N4CCSCC4)c3)nc2n1-c1ccc(C2(N)CCC2)cc1. The van der Waals surface area contributed by atoms with Gasteiger partial charge in [-0.2, -0.15) is 11.8 Å². The molecule has 8 heteroatoms. The van der Waals surface area contributed by atoms with E-state index in [-0.39, 0.29) is 5.54 Å². The lowest BCUT2D eigenvalue weighted by Gasteiger charge is -2.38. The largest absolute Gasteiger partial charge is 0.383 e. The van der Waals surface area contributed by atoms with Crippen LogP contribution >= 0.6 is 11.8 Å². The van der Waals surface area contributed by atoms with E-state index in [2.05, 4.69) is 69.0 Å². The summed E-state index contributed by atoms with van der Waals surface area (Å²) >= 11 is 2.02. The summed E-state index contributed by atoms with van der Waals surface area (Å²) in [7, 11) is 0. The van der Waals surface area contributed by atoms with E-state index in [1.165, 1.54) is 17.7 Å². The van der Waals surface area contributed by atoms with Crippen LogP contribution in [-0.2, 0) is 5.54 Å². The van der Waals surface area contributed by atoms with Crippen LogP contribution in [0.1, 0.15) is 24.8 Å². The van der Waals surface area contributed by atoms with Gasteiger partial charge in [0.2, 0.25) is 0 Å². The maximum atomic E-state index is 6.61. The van der Waals surface area contributed by atoms with Gasteiger partial charge in [-0.05, 0) is 73.4 Å². The van der Waals surface area contributed by atoms with Gasteiger partial charge in [0.1, 0.15) is 11.3 Å². The smallest absolute Gasteiger partial charge is 0.165 e. The first kappa shape index (κ1) is 24.2. The van der Waals surface area contributed by atoms with E-state index in [4.69, 9.17) is 21.4 Å². The van der Waals surface area contributed by atoms with Crippen molar-refractivity contribution in [2.24, 2.45) is 5.73 Å². The molecule has 1 aliphatic carbocycles. The summed E-state index contributed by atoms with van der Waals surface area (Å²) in [6, 6.07) is 25.1. The van der Waals surface area contributed by atoms with Crippen molar-refractivity contribution in [3.05, 3.63) is 84.6 Å². The summed E-state index contributed by atoms with van der Waals surface area (Å²) < 4.78 is 2.09. The third kappa shape index (κ3) is 4.33. The first-order valence-corrected chi connectivity index (χ1v) is 14.7. The second-order valence-corrected chi connectivity index (χ2v) is 11.7. The molecule has 2 aromatic carbocycles. The number of hydrogen-bond acceptors (Lipinski definition) is 7. The second kappa shape index (κ2) is 9.70. The van der Waals surface area contributed by atoms with Gasteiger partial charge >= 0.3 is 0 Å². The number of anilines is 2. The third-order valence-electron chi connectivity index (χ3n) is 8.05. The van der Waals surface area contributed by atoms with Gasteiger partial charge in [-0.3, -0.25) is 4.57 Å².